The standard InChI is InChI=1S/C33H36N6O4S/c1-24-11-15-28(16-12-24)38-30(22-26-8-4-3-5-9-26)34-35-33(38)44-21-7-6-10-31(40)36-19-20-37(25(2)23-36)32(41)27-13-17-29(18-14-27)39(42)43/h3-5,8-9,11-18,25H,6-7,10,19-23H2,1-2H3. The molecule has 1 unspecified atom stereocenters. The molecule has 1 saturated heterocycles. The Morgan fingerprint density at radius 2 is 1.68 bits per heavy atom. The monoisotopic (exact) mass is 612 g/mol. The molecule has 3 aromatic carbocycles. The molecular formula is C33H36N6O4S. The van der Waals surface area contributed by atoms with Crippen LogP contribution in [-0.4, -0.2) is 72.7 Å². The molecule has 228 valence electrons. The number of nitro groups is 1. The van der Waals surface area contributed by atoms with E-state index in [-0.39, 0.29) is 23.5 Å². The van der Waals surface area contributed by atoms with E-state index in [0.717, 1.165) is 35.3 Å². The number of carbonyl (C=O) groups excluding carboxylic acids is 2. The number of amides is 2. The fraction of sp³-hybridized carbons (Fsp3) is 0.333. The highest BCUT2D eigenvalue weighted by Gasteiger charge is 2.30. The number of hydrogen-bond acceptors (Lipinski definition) is 7. The van der Waals surface area contributed by atoms with Gasteiger partial charge in [0.25, 0.3) is 11.6 Å². The van der Waals surface area contributed by atoms with Gasteiger partial charge in [0.2, 0.25) is 5.91 Å². The number of aryl methyl sites for hydroxylation is 1. The van der Waals surface area contributed by atoms with Crippen molar-refractivity contribution >= 4 is 29.3 Å². The van der Waals surface area contributed by atoms with Crippen molar-refractivity contribution < 1.29 is 14.5 Å². The molecule has 11 heteroatoms. The predicted molar refractivity (Wildman–Crippen MR) is 170 cm³/mol. The van der Waals surface area contributed by atoms with Gasteiger partial charge in [0.05, 0.1) is 4.92 Å². The van der Waals surface area contributed by atoms with Crippen molar-refractivity contribution in [3.63, 3.8) is 0 Å². The Bertz CT molecular complexity index is 1590. The van der Waals surface area contributed by atoms with E-state index < -0.39 is 4.92 Å². The molecular weight excluding hydrogens is 576 g/mol. The first kappa shape index (κ1) is 30.9. The Labute approximate surface area is 261 Å². The summed E-state index contributed by atoms with van der Waals surface area (Å²) in [6.45, 7) is 5.37. The van der Waals surface area contributed by atoms with Gasteiger partial charge in [-0.2, -0.15) is 0 Å². The maximum absolute atomic E-state index is 13.0. The number of piperazine rings is 1. The number of rotatable bonds is 11. The van der Waals surface area contributed by atoms with E-state index in [0.29, 0.717) is 38.0 Å². The molecule has 0 aliphatic carbocycles. The van der Waals surface area contributed by atoms with Crippen LogP contribution < -0.4 is 0 Å². The van der Waals surface area contributed by atoms with Crippen molar-refractivity contribution in [3.8, 4) is 5.69 Å². The van der Waals surface area contributed by atoms with Crippen molar-refractivity contribution in [2.75, 3.05) is 25.4 Å². The molecule has 44 heavy (non-hydrogen) atoms. The van der Waals surface area contributed by atoms with Crippen LogP contribution in [0.15, 0.2) is 84.0 Å². The lowest BCUT2D eigenvalue weighted by atomic mass is 10.1. The van der Waals surface area contributed by atoms with Crippen LogP contribution in [0.5, 0.6) is 0 Å². The van der Waals surface area contributed by atoms with Gasteiger partial charge in [0.1, 0.15) is 5.82 Å². The molecule has 1 aliphatic rings. The number of nitro benzene ring substituents is 1. The number of hydrogen-bond donors (Lipinski definition) is 0. The first-order valence-electron chi connectivity index (χ1n) is 14.8. The highest BCUT2D eigenvalue weighted by molar-refractivity contribution is 7.99. The van der Waals surface area contributed by atoms with E-state index >= 15 is 0 Å². The van der Waals surface area contributed by atoms with Gasteiger partial charge in [-0.05, 0) is 56.5 Å². The molecule has 0 bridgehead atoms. The van der Waals surface area contributed by atoms with Gasteiger partial charge in [0, 0.05) is 67.7 Å². The molecule has 1 fully saturated rings. The molecule has 4 aromatic rings. The zero-order valence-corrected chi connectivity index (χ0v) is 25.8. The number of non-ortho nitro benzene ring substituents is 1. The summed E-state index contributed by atoms with van der Waals surface area (Å²) in [5.41, 5.74) is 3.76. The van der Waals surface area contributed by atoms with E-state index in [9.17, 15) is 19.7 Å². The van der Waals surface area contributed by atoms with E-state index in [1.807, 2.05) is 30.0 Å². The van der Waals surface area contributed by atoms with E-state index in [1.165, 1.54) is 35.4 Å². The lowest BCUT2D eigenvalue weighted by molar-refractivity contribution is -0.384. The number of benzene rings is 3. The second-order valence-electron chi connectivity index (χ2n) is 11.0. The summed E-state index contributed by atoms with van der Waals surface area (Å²) in [4.78, 5) is 40.0. The molecule has 2 amide bonds. The Morgan fingerprint density at radius 1 is 0.955 bits per heavy atom. The van der Waals surface area contributed by atoms with E-state index in [2.05, 4.69) is 58.1 Å². The van der Waals surface area contributed by atoms with Crippen molar-refractivity contribution in [1.82, 2.24) is 24.6 Å². The lowest BCUT2D eigenvalue weighted by Crippen LogP contribution is -2.55. The quantitative estimate of drug-likeness (QED) is 0.0922. The van der Waals surface area contributed by atoms with Crippen molar-refractivity contribution in [1.29, 1.82) is 0 Å². The van der Waals surface area contributed by atoms with Crippen LogP contribution >= 0.6 is 11.8 Å². The van der Waals surface area contributed by atoms with Crippen LogP contribution in [0.4, 0.5) is 5.69 Å². The average Bonchev–Trinajstić information content (AvgIpc) is 3.43. The number of nitrogens with zero attached hydrogens (tertiary/aromatic N) is 6. The molecule has 5 rings (SSSR count). The molecule has 1 aliphatic heterocycles. The van der Waals surface area contributed by atoms with Crippen LogP contribution in [0.25, 0.3) is 5.69 Å². The van der Waals surface area contributed by atoms with Gasteiger partial charge >= 0.3 is 0 Å². The third kappa shape index (κ3) is 7.52. The minimum absolute atomic E-state index is 0.0515. The number of aromatic nitrogens is 3. The highest BCUT2D eigenvalue weighted by Crippen LogP contribution is 2.25. The summed E-state index contributed by atoms with van der Waals surface area (Å²) >= 11 is 1.65. The van der Waals surface area contributed by atoms with Gasteiger partial charge in [-0.1, -0.05) is 59.8 Å². The smallest absolute Gasteiger partial charge is 0.269 e. The maximum atomic E-state index is 13.0. The Kier molecular flexibility index (Phi) is 10.1. The molecule has 2 heterocycles. The van der Waals surface area contributed by atoms with Crippen molar-refractivity contribution in [2.45, 2.75) is 50.7 Å². The van der Waals surface area contributed by atoms with Gasteiger partial charge in [0.15, 0.2) is 5.16 Å². The zero-order chi connectivity index (χ0) is 31.1. The normalized spacial score (nSPS) is 14.9. The van der Waals surface area contributed by atoms with Gasteiger partial charge in [-0.15, -0.1) is 10.2 Å². The van der Waals surface area contributed by atoms with Crippen LogP contribution in [0, 0.1) is 17.0 Å². The first-order valence-corrected chi connectivity index (χ1v) is 15.8. The largest absolute Gasteiger partial charge is 0.339 e. The van der Waals surface area contributed by atoms with Gasteiger partial charge in [-0.25, -0.2) is 0 Å². The van der Waals surface area contributed by atoms with Gasteiger partial charge < -0.3 is 9.80 Å². The third-order valence-corrected chi connectivity index (χ3v) is 8.80. The molecule has 10 nitrogen and oxygen atoms in total. The molecule has 0 N–H and O–H groups in total. The predicted octanol–water partition coefficient (Wildman–Crippen LogP) is 5.71. The topological polar surface area (TPSA) is 114 Å². The number of thioether (sulfide) groups is 1. The Balaban J connectivity index is 1.11. The molecule has 0 spiro atoms. The van der Waals surface area contributed by atoms with E-state index in [1.54, 1.807) is 16.7 Å². The van der Waals surface area contributed by atoms with Gasteiger partial charge in [-0.3, -0.25) is 24.3 Å². The SMILES string of the molecule is Cc1ccc(-n2c(Cc3ccccc3)nnc2SCCCCC(=O)N2CCN(C(=O)c3ccc([N+](=O)[O-])cc3)C(C)C2)cc1. The Hall–Kier alpha value is -4.51. The number of unbranched alkanes of at least 4 members (excludes halogenated alkanes) is 1. The fourth-order valence-electron chi connectivity index (χ4n) is 5.32. The van der Waals surface area contributed by atoms with Crippen LogP contribution in [0.3, 0.4) is 0 Å². The number of carbonyl (C=O) groups is 2. The summed E-state index contributed by atoms with van der Waals surface area (Å²) in [6.07, 6.45) is 2.76. The molecule has 1 atom stereocenters. The summed E-state index contributed by atoms with van der Waals surface area (Å²) in [6, 6.07) is 24.1. The summed E-state index contributed by atoms with van der Waals surface area (Å²) in [5.74, 6) is 1.62. The summed E-state index contributed by atoms with van der Waals surface area (Å²) in [7, 11) is 0. The molecule has 1 aromatic heterocycles. The second kappa shape index (κ2) is 14.3. The maximum Gasteiger partial charge on any atom is 0.269 e. The highest BCUT2D eigenvalue weighted by atomic mass is 32.2. The summed E-state index contributed by atoms with van der Waals surface area (Å²) in [5, 5.41) is 20.8. The second-order valence-corrected chi connectivity index (χ2v) is 12.1. The fourth-order valence-corrected chi connectivity index (χ4v) is 6.29. The van der Waals surface area contributed by atoms with Crippen LogP contribution in [0.1, 0.15) is 53.5 Å². The average molecular weight is 613 g/mol. The Morgan fingerprint density at radius 3 is 2.36 bits per heavy atom. The minimum atomic E-state index is -0.486. The minimum Gasteiger partial charge on any atom is -0.339 e. The molecule has 0 radical (unpaired) electrons. The van der Waals surface area contributed by atoms with Crippen molar-refractivity contribution in [3.05, 3.63) is 111 Å². The van der Waals surface area contributed by atoms with Crippen LogP contribution in [-0.2, 0) is 11.2 Å². The third-order valence-electron chi connectivity index (χ3n) is 7.78. The summed E-state index contributed by atoms with van der Waals surface area (Å²) < 4.78 is 2.13. The molecule has 0 saturated carbocycles. The van der Waals surface area contributed by atoms with E-state index in [4.69, 9.17) is 0 Å². The van der Waals surface area contributed by atoms with Crippen LogP contribution in [0.2, 0.25) is 0 Å². The van der Waals surface area contributed by atoms with Crippen molar-refractivity contribution in [2.24, 2.45) is 0 Å². The first-order chi connectivity index (χ1) is 21.3. The lowest BCUT2D eigenvalue weighted by Gasteiger charge is -2.40. The zero-order valence-electron chi connectivity index (χ0n) is 25.0.